The van der Waals surface area contributed by atoms with Gasteiger partial charge in [-0.2, -0.15) is 0 Å². The largest absolute Gasteiger partial charge is 0.496 e. The average Bonchev–Trinajstić information content (AvgIpc) is 3.27. The molecule has 0 saturated heterocycles. The molecule has 1 N–H and O–H groups in total. The van der Waals surface area contributed by atoms with Crippen LogP contribution in [0.4, 0.5) is 4.79 Å². The standard InChI is InChI=1S/C26H30N2O4S/c1-15(28(5)25(30)32-26(2,3)4)16-7-9-17(10-8-16)21-20(31-6)12-11-19-22(21)18-13-14-33-23(18)24(29)27-19/h7-12,15H,13-14H2,1-6H3,(H,27,29)/t15-/m1/s1. The molecule has 2 aromatic carbocycles. The zero-order chi connectivity index (χ0) is 23.9. The molecule has 0 spiro atoms. The van der Waals surface area contributed by atoms with Crippen molar-refractivity contribution < 1.29 is 14.3 Å². The third-order valence-corrected chi connectivity index (χ3v) is 7.09. The van der Waals surface area contributed by atoms with Gasteiger partial charge in [0.1, 0.15) is 11.4 Å². The Hall–Kier alpha value is -2.93. The number of ether oxygens (including phenoxy) is 2. The molecule has 0 bridgehead atoms. The van der Waals surface area contributed by atoms with E-state index in [4.69, 9.17) is 9.47 Å². The maximum absolute atomic E-state index is 12.5. The molecule has 0 aliphatic carbocycles. The second-order valence-corrected chi connectivity index (χ2v) is 10.4. The van der Waals surface area contributed by atoms with Crippen molar-refractivity contribution in [1.82, 2.24) is 9.88 Å². The number of benzene rings is 2. The monoisotopic (exact) mass is 466 g/mol. The topological polar surface area (TPSA) is 71.6 Å². The van der Waals surface area contributed by atoms with Crippen LogP contribution in [-0.2, 0) is 11.2 Å². The highest BCUT2D eigenvalue weighted by Crippen LogP contribution is 2.42. The summed E-state index contributed by atoms with van der Waals surface area (Å²) in [6, 6.07) is 11.8. The Morgan fingerprint density at radius 3 is 2.48 bits per heavy atom. The third-order valence-electron chi connectivity index (χ3n) is 5.96. The average molecular weight is 467 g/mol. The van der Waals surface area contributed by atoms with E-state index in [0.29, 0.717) is 0 Å². The van der Waals surface area contributed by atoms with Gasteiger partial charge in [-0.1, -0.05) is 24.3 Å². The van der Waals surface area contributed by atoms with Crippen molar-refractivity contribution >= 4 is 28.8 Å². The number of thioether (sulfide) groups is 1. The van der Waals surface area contributed by atoms with Gasteiger partial charge in [-0.25, -0.2) is 4.79 Å². The zero-order valence-corrected chi connectivity index (χ0v) is 20.8. The number of pyridine rings is 1. The fourth-order valence-electron chi connectivity index (χ4n) is 4.18. The van der Waals surface area contributed by atoms with E-state index < -0.39 is 5.60 Å². The Kier molecular flexibility index (Phi) is 6.18. The lowest BCUT2D eigenvalue weighted by Gasteiger charge is -2.29. The highest BCUT2D eigenvalue weighted by atomic mass is 32.2. The smallest absolute Gasteiger partial charge is 0.410 e. The summed E-state index contributed by atoms with van der Waals surface area (Å²) >= 11 is 1.61. The second kappa shape index (κ2) is 8.78. The maximum atomic E-state index is 12.5. The number of amides is 1. The van der Waals surface area contributed by atoms with Crippen molar-refractivity contribution in [2.75, 3.05) is 19.9 Å². The first kappa shape index (κ1) is 23.2. The molecule has 1 aliphatic rings. The number of fused-ring (bicyclic) bond motifs is 3. The van der Waals surface area contributed by atoms with Gasteiger partial charge in [-0.3, -0.25) is 4.79 Å². The fraction of sp³-hybridized carbons (Fsp3) is 0.385. The van der Waals surface area contributed by atoms with Crippen molar-refractivity contribution in [3.8, 4) is 16.9 Å². The van der Waals surface area contributed by atoms with Crippen LogP contribution in [0.1, 0.15) is 44.9 Å². The number of nitrogens with one attached hydrogen (secondary N) is 1. The maximum Gasteiger partial charge on any atom is 0.410 e. The van der Waals surface area contributed by atoms with Gasteiger partial charge in [0.15, 0.2) is 0 Å². The molecule has 174 valence electrons. The summed E-state index contributed by atoms with van der Waals surface area (Å²) in [6.45, 7) is 7.56. The molecule has 3 aromatic rings. The van der Waals surface area contributed by atoms with Gasteiger partial charge in [-0.05, 0) is 62.9 Å². The van der Waals surface area contributed by atoms with Gasteiger partial charge in [0.25, 0.3) is 5.56 Å². The second-order valence-electron chi connectivity index (χ2n) is 9.31. The first-order chi connectivity index (χ1) is 15.6. The van der Waals surface area contributed by atoms with Crippen LogP contribution in [0, 0.1) is 0 Å². The molecule has 0 saturated carbocycles. The predicted octanol–water partition coefficient (Wildman–Crippen LogP) is 5.78. The van der Waals surface area contributed by atoms with E-state index >= 15 is 0 Å². The Morgan fingerprint density at radius 2 is 1.85 bits per heavy atom. The highest BCUT2D eigenvalue weighted by molar-refractivity contribution is 7.99. The molecular formula is C26H30N2O4S. The molecule has 0 fully saturated rings. The van der Waals surface area contributed by atoms with Gasteiger partial charge < -0.3 is 19.4 Å². The summed E-state index contributed by atoms with van der Waals surface area (Å²) < 4.78 is 11.2. The van der Waals surface area contributed by atoms with E-state index in [9.17, 15) is 9.59 Å². The lowest BCUT2D eigenvalue weighted by atomic mass is 9.94. The summed E-state index contributed by atoms with van der Waals surface area (Å²) in [7, 11) is 3.41. The van der Waals surface area contributed by atoms with Crippen LogP contribution in [0.2, 0.25) is 0 Å². The van der Waals surface area contributed by atoms with Crippen LogP contribution >= 0.6 is 11.8 Å². The van der Waals surface area contributed by atoms with Gasteiger partial charge in [-0.15, -0.1) is 11.8 Å². The van der Waals surface area contributed by atoms with Crippen LogP contribution in [0.25, 0.3) is 22.0 Å². The van der Waals surface area contributed by atoms with Crippen molar-refractivity contribution in [3.05, 3.63) is 57.9 Å². The number of nitrogens with zero attached hydrogens (tertiary/aromatic N) is 1. The lowest BCUT2D eigenvalue weighted by Crippen LogP contribution is -2.35. The number of rotatable bonds is 4. The molecule has 4 rings (SSSR count). The predicted molar refractivity (Wildman–Crippen MR) is 133 cm³/mol. The number of carbonyl (C=O) groups is 1. The molecule has 7 heteroatoms. The molecular weight excluding hydrogens is 436 g/mol. The lowest BCUT2D eigenvalue weighted by molar-refractivity contribution is 0.0234. The summed E-state index contributed by atoms with van der Waals surface area (Å²) in [5, 5.41) is 1.04. The number of aryl methyl sites for hydroxylation is 1. The normalized spacial score (nSPS) is 14.1. The molecule has 1 aromatic heterocycles. The molecule has 0 unspecified atom stereocenters. The van der Waals surface area contributed by atoms with Gasteiger partial charge in [0, 0.05) is 29.3 Å². The van der Waals surface area contributed by atoms with E-state index in [-0.39, 0.29) is 17.7 Å². The van der Waals surface area contributed by atoms with Gasteiger partial charge in [0.2, 0.25) is 0 Å². The number of H-pyrrole nitrogens is 1. The number of hydrogen-bond acceptors (Lipinski definition) is 5. The number of methoxy groups -OCH3 is 1. The van der Waals surface area contributed by atoms with E-state index in [0.717, 1.165) is 56.0 Å². The Bertz CT molecular complexity index is 1260. The van der Waals surface area contributed by atoms with Gasteiger partial charge >= 0.3 is 6.09 Å². The van der Waals surface area contributed by atoms with Crippen molar-refractivity contribution in [3.63, 3.8) is 0 Å². The van der Waals surface area contributed by atoms with Crippen LogP contribution in [-0.4, -0.2) is 41.5 Å². The van der Waals surface area contributed by atoms with Crippen molar-refractivity contribution in [1.29, 1.82) is 0 Å². The van der Waals surface area contributed by atoms with Crippen LogP contribution < -0.4 is 10.3 Å². The molecule has 6 nitrogen and oxygen atoms in total. The minimum Gasteiger partial charge on any atom is -0.496 e. The van der Waals surface area contributed by atoms with Crippen LogP contribution in [0.5, 0.6) is 5.75 Å². The minimum absolute atomic E-state index is 0.0227. The van der Waals surface area contributed by atoms with E-state index in [1.54, 1.807) is 30.8 Å². The summed E-state index contributed by atoms with van der Waals surface area (Å²) in [6.07, 6.45) is 0.503. The minimum atomic E-state index is -0.542. The van der Waals surface area contributed by atoms with E-state index in [1.165, 1.54) is 0 Å². The van der Waals surface area contributed by atoms with Crippen molar-refractivity contribution in [2.45, 2.75) is 50.7 Å². The quantitative estimate of drug-likeness (QED) is 0.528. The number of carbonyl (C=O) groups excluding carboxylic acids is 1. The number of aromatic amines is 1. The van der Waals surface area contributed by atoms with E-state index in [2.05, 4.69) is 4.98 Å². The molecule has 1 amide bonds. The van der Waals surface area contributed by atoms with Crippen LogP contribution in [0.3, 0.4) is 0 Å². The zero-order valence-electron chi connectivity index (χ0n) is 19.9. The third kappa shape index (κ3) is 4.47. The Labute approximate surface area is 198 Å². The molecule has 2 heterocycles. The fourth-order valence-corrected chi connectivity index (χ4v) is 5.25. The highest BCUT2D eigenvalue weighted by Gasteiger charge is 2.25. The first-order valence-corrected chi connectivity index (χ1v) is 12.0. The molecule has 1 aliphatic heterocycles. The van der Waals surface area contributed by atoms with Gasteiger partial charge in [0.05, 0.1) is 18.0 Å². The van der Waals surface area contributed by atoms with Crippen LogP contribution in [0.15, 0.2) is 46.1 Å². The summed E-state index contributed by atoms with van der Waals surface area (Å²) in [5.41, 5.74) is 4.32. The van der Waals surface area contributed by atoms with E-state index in [1.807, 2.05) is 64.1 Å². The SMILES string of the molecule is COc1ccc2[nH]c(=O)c3c(c2c1-c1ccc([C@@H](C)N(C)C(=O)OC(C)(C)C)cc1)CCS3. The summed E-state index contributed by atoms with van der Waals surface area (Å²) in [5.74, 6) is 1.67. The Morgan fingerprint density at radius 1 is 1.15 bits per heavy atom. The Balaban J connectivity index is 1.74. The molecule has 0 radical (unpaired) electrons. The molecule has 33 heavy (non-hydrogen) atoms. The number of aromatic nitrogens is 1. The first-order valence-electron chi connectivity index (χ1n) is 11.1. The molecule has 1 atom stereocenters. The van der Waals surface area contributed by atoms with Crippen molar-refractivity contribution in [2.24, 2.45) is 0 Å². The summed E-state index contributed by atoms with van der Waals surface area (Å²) in [4.78, 5) is 30.4. The number of hydrogen-bond donors (Lipinski definition) is 1.